The maximum absolute atomic E-state index is 13.3. The predicted octanol–water partition coefficient (Wildman–Crippen LogP) is 3.97. The summed E-state index contributed by atoms with van der Waals surface area (Å²) in [5.41, 5.74) is 0.433. The van der Waals surface area contributed by atoms with Crippen LogP contribution in [0, 0.1) is 5.82 Å². The molecule has 0 aliphatic carbocycles. The molecule has 110 valence electrons. The lowest BCUT2D eigenvalue weighted by Gasteiger charge is -2.13. The molecule has 0 aliphatic rings. The van der Waals surface area contributed by atoms with E-state index in [0.29, 0.717) is 17.7 Å². The highest BCUT2D eigenvalue weighted by Gasteiger charge is 2.16. The van der Waals surface area contributed by atoms with Crippen molar-refractivity contribution in [2.24, 2.45) is 0 Å². The van der Waals surface area contributed by atoms with E-state index in [1.54, 1.807) is 12.1 Å². The average Bonchev–Trinajstić information content (AvgIpc) is 2.42. The molecule has 5 heteroatoms. The molecule has 0 radical (unpaired) electrons. The lowest BCUT2D eigenvalue weighted by Crippen LogP contribution is -2.01. The third-order valence-corrected chi connectivity index (χ3v) is 3.00. The second kappa shape index (κ2) is 6.26. The van der Waals surface area contributed by atoms with Gasteiger partial charge in [0.05, 0.1) is 0 Å². The van der Waals surface area contributed by atoms with Crippen molar-refractivity contribution in [1.82, 2.24) is 0 Å². The monoisotopic (exact) mass is 290 g/mol. The van der Waals surface area contributed by atoms with E-state index in [4.69, 9.17) is 9.84 Å². The second-order valence-electron chi connectivity index (χ2n) is 4.55. The van der Waals surface area contributed by atoms with E-state index >= 15 is 0 Å². The summed E-state index contributed by atoms with van der Waals surface area (Å²) in [7, 11) is 0. The average molecular weight is 290 g/mol. The van der Waals surface area contributed by atoms with E-state index in [1.807, 2.05) is 6.92 Å². The van der Waals surface area contributed by atoms with Gasteiger partial charge in [0.2, 0.25) is 0 Å². The molecule has 0 unspecified atom stereocenters. The Balaban J connectivity index is 2.45. The van der Waals surface area contributed by atoms with E-state index in [9.17, 15) is 14.3 Å². The Morgan fingerprint density at radius 1 is 1.24 bits per heavy atom. The number of ether oxygens (including phenoxy) is 1. The SMILES string of the molecule is CCCc1c(O)cccc1Oc1cc(F)ccc1C(=O)O. The van der Waals surface area contributed by atoms with Crippen molar-refractivity contribution in [3.63, 3.8) is 0 Å². The molecule has 0 atom stereocenters. The fourth-order valence-corrected chi connectivity index (χ4v) is 2.03. The van der Waals surface area contributed by atoms with Crippen LogP contribution in [0.3, 0.4) is 0 Å². The maximum Gasteiger partial charge on any atom is 0.339 e. The van der Waals surface area contributed by atoms with Crippen LogP contribution in [0.15, 0.2) is 36.4 Å². The Morgan fingerprint density at radius 2 is 2.00 bits per heavy atom. The minimum Gasteiger partial charge on any atom is -0.508 e. The van der Waals surface area contributed by atoms with Crippen molar-refractivity contribution < 1.29 is 24.1 Å². The lowest BCUT2D eigenvalue weighted by atomic mass is 10.1. The number of aromatic hydroxyl groups is 1. The highest BCUT2D eigenvalue weighted by Crippen LogP contribution is 2.34. The Hall–Kier alpha value is -2.56. The molecule has 0 fully saturated rings. The topological polar surface area (TPSA) is 66.8 Å². The van der Waals surface area contributed by atoms with Gasteiger partial charge in [-0.05, 0) is 30.7 Å². The van der Waals surface area contributed by atoms with Crippen molar-refractivity contribution >= 4 is 5.97 Å². The minimum absolute atomic E-state index is 0.0719. The van der Waals surface area contributed by atoms with Gasteiger partial charge in [-0.2, -0.15) is 0 Å². The van der Waals surface area contributed by atoms with Crippen LogP contribution in [0.4, 0.5) is 4.39 Å². The standard InChI is InChI=1S/C16H15FO4/c1-2-4-11-13(18)5-3-6-14(11)21-15-9-10(17)7-8-12(15)16(19)20/h3,5-9,18H,2,4H2,1H3,(H,19,20). The molecule has 21 heavy (non-hydrogen) atoms. The number of rotatable bonds is 5. The van der Waals surface area contributed by atoms with Crippen LogP contribution in [0.1, 0.15) is 29.3 Å². The van der Waals surface area contributed by atoms with Crippen LogP contribution in [0.5, 0.6) is 17.2 Å². The van der Waals surface area contributed by atoms with E-state index in [-0.39, 0.29) is 17.1 Å². The highest BCUT2D eigenvalue weighted by atomic mass is 19.1. The third-order valence-electron chi connectivity index (χ3n) is 3.00. The van der Waals surface area contributed by atoms with Gasteiger partial charge in [-0.3, -0.25) is 0 Å². The van der Waals surface area contributed by atoms with Gasteiger partial charge in [-0.25, -0.2) is 9.18 Å². The number of benzene rings is 2. The first-order chi connectivity index (χ1) is 10.0. The van der Waals surface area contributed by atoms with Crippen molar-refractivity contribution in [2.75, 3.05) is 0 Å². The van der Waals surface area contributed by atoms with Gasteiger partial charge in [-0.1, -0.05) is 19.4 Å². The summed E-state index contributed by atoms with van der Waals surface area (Å²) in [6.45, 7) is 1.95. The molecule has 0 heterocycles. The molecular formula is C16H15FO4. The zero-order valence-electron chi connectivity index (χ0n) is 11.5. The van der Waals surface area contributed by atoms with Gasteiger partial charge in [0, 0.05) is 11.6 Å². The number of carbonyl (C=O) groups is 1. The number of phenolic OH excluding ortho intramolecular Hbond substituents is 1. The zero-order chi connectivity index (χ0) is 15.4. The molecule has 0 amide bonds. The Bertz CT molecular complexity index is 667. The number of hydrogen-bond donors (Lipinski definition) is 2. The van der Waals surface area contributed by atoms with Crippen LogP contribution in [0.2, 0.25) is 0 Å². The van der Waals surface area contributed by atoms with Gasteiger partial charge < -0.3 is 14.9 Å². The fraction of sp³-hybridized carbons (Fsp3) is 0.188. The smallest absolute Gasteiger partial charge is 0.339 e. The fourth-order valence-electron chi connectivity index (χ4n) is 2.03. The van der Waals surface area contributed by atoms with Gasteiger partial charge in [0.25, 0.3) is 0 Å². The van der Waals surface area contributed by atoms with Crippen LogP contribution >= 0.6 is 0 Å². The molecule has 2 aromatic rings. The third kappa shape index (κ3) is 3.31. The van der Waals surface area contributed by atoms with Crippen molar-refractivity contribution in [2.45, 2.75) is 19.8 Å². The summed E-state index contributed by atoms with van der Waals surface area (Å²) >= 11 is 0. The molecule has 0 spiro atoms. The van der Waals surface area contributed by atoms with Crippen LogP contribution in [-0.4, -0.2) is 16.2 Å². The summed E-state index contributed by atoms with van der Waals surface area (Å²) in [5.74, 6) is -1.49. The number of aromatic carboxylic acids is 1. The number of carboxylic acid groups (broad SMARTS) is 1. The Morgan fingerprint density at radius 3 is 2.67 bits per heavy atom. The van der Waals surface area contributed by atoms with Crippen LogP contribution in [-0.2, 0) is 6.42 Å². The molecule has 2 N–H and O–H groups in total. The maximum atomic E-state index is 13.3. The quantitative estimate of drug-likeness (QED) is 0.874. The first kappa shape index (κ1) is 14.8. The molecule has 2 aromatic carbocycles. The van der Waals surface area contributed by atoms with E-state index in [1.165, 1.54) is 6.07 Å². The predicted molar refractivity (Wildman–Crippen MR) is 75.5 cm³/mol. The molecule has 0 saturated carbocycles. The Kier molecular flexibility index (Phi) is 4.42. The van der Waals surface area contributed by atoms with Gasteiger partial charge in [0.1, 0.15) is 28.6 Å². The first-order valence-electron chi connectivity index (χ1n) is 6.54. The van der Waals surface area contributed by atoms with Gasteiger partial charge >= 0.3 is 5.97 Å². The molecule has 2 rings (SSSR count). The summed E-state index contributed by atoms with van der Waals surface area (Å²) in [4.78, 5) is 11.1. The number of halogens is 1. The number of hydrogen-bond acceptors (Lipinski definition) is 3. The van der Waals surface area contributed by atoms with Crippen molar-refractivity contribution in [1.29, 1.82) is 0 Å². The summed E-state index contributed by atoms with van der Waals surface area (Å²) in [5, 5.41) is 19.0. The first-order valence-corrected chi connectivity index (χ1v) is 6.54. The Labute approximate surface area is 121 Å². The number of carboxylic acids is 1. The zero-order valence-corrected chi connectivity index (χ0v) is 11.5. The summed E-state index contributed by atoms with van der Waals surface area (Å²) < 4.78 is 18.9. The highest BCUT2D eigenvalue weighted by molar-refractivity contribution is 5.91. The van der Waals surface area contributed by atoms with E-state index in [2.05, 4.69) is 0 Å². The van der Waals surface area contributed by atoms with Gasteiger partial charge in [-0.15, -0.1) is 0 Å². The minimum atomic E-state index is -1.21. The molecule has 4 nitrogen and oxygen atoms in total. The molecule has 0 aliphatic heterocycles. The van der Waals surface area contributed by atoms with Crippen LogP contribution in [0.25, 0.3) is 0 Å². The van der Waals surface area contributed by atoms with E-state index < -0.39 is 11.8 Å². The normalized spacial score (nSPS) is 10.4. The lowest BCUT2D eigenvalue weighted by molar-refractivity contribution is 0.0694. The summed E-state index contributed by atoms with van der Waals surface area (Å²) in [6.07, 6.45) is 1.35. The molecule has 0 saturated heterocycles. The molecule has 0 bridgehead atoms. The number of phenols is 1. The molecule has 0 aromatic heterocycles. The second-order valence-corrected chi connectivity index (χ2v) is 4.55. The van der Waals surface area contributed by atoms with Crippen molar-refractivity contribution in [3.05, 3.63) is 53.3 Å². The van der Waals surface area contributed by atoms with Crippen molar-refractivity contribution in [3.8, 4) is 17.2 Å². The van der Waals surface area contributed by atoms with Gasteiger partial charge in [0.15, 0.2) is 0 Å². The van der Waals surface area contributed by atoms with Crippen LogP contribution < -0.4 is 4.74 Å². The summed E-state index contributed by atoms with van der Waals surface area (Å²) in [6, 6.07) is 7.95. The van der Waals surface area contributed by atoms with E-state index in [0.717, 1.165) is 24.6 Å². The molecular weight excluding hydrogens is 275 g/mol. The largest absolute Gasteiger partial charge is 0.508 e.